The lowest BCUT2D eigenvalue weighted by Crippen LogP contribution is -2.47. The van der Waals surface area contributed by atoms with Gasteiger partial charge < -0.3 is 21.7 Å². The number of H-pyrrole nitrogens is 1. The van der Waals surface area contributed by atoms with Crippen molar-refractivity contribution in [3.63, 3.8) is 0 Å². The number of aryl methyl sites for hydroxylation is 2. The van der Waals surface area contributed by atoms with Gasteiger partial charge in [-0.25, -0.2) is 0 Å². The zero-order valence-corrected chi connectivity index (χ0v) is 22.5. The molecular formula is C29H31N9O3. The Bertz CT molecular complexity index is 1510. The lowest BCUT2D eigenvalue weighted by atomic mass is 9.67. The molecule has 1 saturated carbocycles. The summed E-state index contributed by atoms with van der Waals surface area (Å²) in [5.41, 5.74) is 14.4. The van der Waals surface area contributed by atoms with Crippen molar-refractivity contribution in [1.29, 1.82) is 5.26 Å². The van der Waals surface area contributed by atoms with Gasteiger partial charge in [-0.2, -0.15) is 10.5 Å². The van der Waals surface area contributed by atoms with Crippen LogP contribution in [-0.4, -0.2) is 67.9 Å². The molecule has 2 aromatic carbocycles. The number of likely N-dealkylation sites (tertiary alicyclic amines) is 1. The van der Waals surface area contributed by atoms with Gasteiger partial charge in [0.25, 0.3) is 0 Å². The molecule has 3 aromatic rings. The molecule has 12 nitrogen and oxygen atoms in total. The van der Waals surface area contributed by atoms with Crippen molar-refractivity contribution in [1.82, 2.24) is 30.8 Å². The predicted molar refractivity (Wildman–Crippen MR) is 146 cm³/mol. The largest absolute Gasteiger partial charge is 0.366 e. The van der Waals surface area contributed by atoms with Crippen molar-refractivity contribution in [2.75, 3.05) is 13.1 Å². The number of aromatic nitrogens is 4. The molecule has 0 spiro atoms. The fraction of sp³-hybridized carbons (Fsp3) is 0.414. The summed E-state index contributed by atoms with van der Waals surface area (Å²) in [7, 11) is 0. The van der Waals surface area contributed by atoms with Crippen molar-refractivity contribution in [3.05, 3.63) is 75.6 Å². The summed E-state index contributed by atoms with van der Waals surface area (Å²) in [6.07, 6.45) is 4.85. The van der Waals surface area contributed by atoms with E-state index in [1.807, 2.05) is 24.3 Å². The second-order valence-corrected chi connectivity index (χ2v) is 11.3. The van der Waals surface area contributed by atoms with Crippen molar-refractivity contribution >= 4 is 17.7 Å². The van der Waals surface area contributed by atoms with E-state index in [-0.39, 0.29) is 18.5 Å². The van der Waals surface area contributed by atoms with Crippen LogP contribution < -0.4 is 16.8 Å². The third kappa shape index (κ3) is 4.62. The number of amides is 3. The van der Waals surface area contributed by atoms with Gasteiger partial charge in [0.1, 0.15) is 6.04 Å². The fourth-order valence-corrected chi connectivity index (χ4v) is 6.65. The molecule has 12 heteroatoms. The number of primary amides is 2. The number of tetrazole rings is 1. The smallest absolute Gasteiger partial charge is 0.248 e. The monoisotopic (exact) mass is 553 g/mol. The molecule has 3 amide bonds. The number of nitrogens with one attached hydrogen (secondary N) is 2. The second-order valence-electron chi connectivity index (χ2n) is 11.3. The van der Waals surface area contributed by atoms with Crippen LogP contribution >= 0.6 is 0 Å². The highest BCUT2D eigenvalue weighted by Crippen LogP contribution is 2.53. The first kappa shape index (κ1) is 26.6. The van der Waals surface area contributed by atoms with Gasteiger partial charge in [0, 0.05) is 23.2 Å². The molecule has 1 aromatic heterocycles. The number of nitrogens with two attached hydrogens (primary N) is 2. The van der Waals surface area contributed by atoms with E-state index in [0.717, 1.165) is 41.5 Å². The Balaban J connectivity index is 1.45. The number of carbonyl (C=O) groups is 3. The van der Waals surface area contributed by atoms with E-state index < -0.39 is 22.8 Å². The third-order valence-corrected chi connectivity index (χ3v) is 8.88. The van der Waals surface area contributed by atoms with Gasteiger partial charge in [0.15, 0.2) is 5.82 Å². The van der Waals surface area contributed by atoms with Gasteiger partial charge in [-0.3, -0.25) is 14.4 Å². The lowest BCUT2D eigenvalue weighted by Gasteiger charge is -2.37. The minimum absolute atomic E-state index is 0.0900. The average molecular weight is 554 g/mol. The first-order valence-corrected chi connectivity index (χ1v) is 13.8. The molecule has 1 atom stereocenters. The van der Waals surface area contributed by atoms with Crippen LogP contribution in [0.5, 0.6) is 0 Å². The molecule has 0 radical (unpaired) electrons. The molecule has 6 rings (SSSR count). The van der Waals surface area contributed by atoms with E-state index in [1.54, 1.807) is 17.0 Å². The van der Waals surface area contributed by atoms with Crippen molar-refractivity contribution < 1.29 is 14.4 Å². The number of aromatic amines is 1. The van der Waals surface area contributed by atoms with Crippen molar-refractivity contribution in [2.45, 2.75) is 61.9 Å². The maximum Gasteiger partial charge on any atom is 0.248 e. The molecule has 41 heavy (non-hydrogen) atoms. The summed E-state index contributed by atoms with van der Waals surface area (Å²) in [4.78, 5) is 39.0. The van der Waals surface area contributed by atoms with Crippen LogP contribution in [-0.2, 0) is 23.1 Å². The Hall–Kier alpha value is -4.63. The maximum atomic E-state index is 13.1. The van der Waals surface area contributed by atoms with Crippen molar-refractivity contribution in [3.8, 4) is 6.07 Å². The lowest BCUT2D eigenvalue weighted by molar-refractivity contribution is -0.130. The molecule has 3 aliphatic rings. The van der Waals surface area contributed by atoms with E-state index in [4.69, 9.17) is 11.5 Å². The van der Waals surface area contributed by atoms with E-state index in [2.05, 4.69) is 32.0 Å². The van der Waals surface area contributed by atoms with Crippen LogP contribution in [0, 0.1) is 11.3 Å². The maximum absolute atomic E-state index is 13.1. The van der Waals surface area contributed by atoms with Crippen molar-refractivity contribution in [2.24, 2.45) is 11.5 Å². The number of hydrogen-bond donors (Lipinski definition) is 4. The third-order valence-electron chi connectivity index (χ3n) is 8.88. The molecule has 1 unspecified atom stereocenters. The molecule has 2 aliphatic carbocycles. The number of carbonyl (C=O) groups excluding carboxylic acids is 3. The summed E-state index contributed by atoms with van der Waals surface area (Å²) in [5, 5.41) is 28.5. The summed E-state index contributed by atoms with van der Waals surface area (Å²) >= 11 is 0. The Morgan fingerprint density at radius 1 is 1.05 bits per heavy atom. The topological polar surface area (TPSA) is 197 Å². The number of benzene rings is 2. The van der Waals surface area contributed by atoms with Crippen LogP contribution in [0.2, 0.25) is 0 Å². The number of nitrogens with zero attached hydrogens (tertiary/aromatic N) is 5. The molecule has 1 aliphatic heterocycles. The van der Waals surface area contributed by atoms with E-state index in [1.165, 1.54) is 0 Å². The number of fused-ring (bicyclic) bond motifs is 2. The average Bonchev–Trinajstić information content (AvgIpc) is 3.33. The van der Waals surface area contributed by atoms with Crippen LogP contribution in [0.25, 0.3) is 0 Å². The van der Waals surface area contributed by atoms with E-state index in [9.17, 15) is 19.6 Å². The Kier molecular flexibility index (Phi) is 6.54. The summed E-state index contributed by atoms with van der Waals surface area (Å²) in [6.45, 7) is 0.700. The predicted octanol–water partition coefficient (Wildman–Crippen LogP) is 0.857. The molecular weight excluding hydrogens is 522 g/mol. The number of hydrogen-bond acceptors (Lipinski definition) is 8. The van der Waals surface area contributed by atoms with E-state index >= 15 is 0 Å². The highest BCUT2D eigenvalue weighted by Gasteiger charge is 2.54. The molecule has 6 N–H and O–H groups in total. The Labute approximate surface area is 236 Å². The standard InChI is InChI=1S/C29H31N9O3/c30-14-21-2-1-11-38(21)24(39)15-33-28(9-10-28)16-29(27-34-36-37-35-27)22-7-5-19(25(31)40)12-17(22)3-4-18-13-20(26(32)41)6-8-23(18)29/h5-8,12-13,21,33H,1-4,9-11,15-16H2,(H2,31,40)(H2,32,41)(H,34,35,36,37). The normalized spacial score (nSPS) is 19.9. The molecule has 2 heterocycles. The van der Waals surface area contributed by atoms with Gasteiger partial charge >= 0.3 is 0 Å². The summed E-state index contributed by atoms with van der Waals surface area (Å²) in [6, 6.07) is 12.7. The van der Waals surface area contributed by atoms with Crippen LogP contribution in [0.1, 0.15) is 80.9 Å². The van der Waals surface area contributed by atoms with Crippen LogP contribution in [0.4, 0.5) is 0 Å². The summed E-state index contributed by atoms with van der Waals surface area (Å²) in [5.74, 6) is -0.684. The Morgan fingerprint density at radius 3 is 2.20 bits per heavy atom. The number of nitriles is 1. The van der Waals surface area contributed by atoms with Gasteiger partial charge in [-0.15, -0.1) is 10.2 Å². The minimum Gasteiger partial charge on any atom is -0.366 e. The van der Waals surface area contributed by atoms with E-state index in [0.29, 0.717) is 49.2 Å². The zero-order valence-electron chi connectivity index (χ0n) is 22.5. The second kappa shape index (κ2) is 10.1. The van der Waals surface area contributed by atoms with Gasteiger partial charge in [0.2, 0.25) is 17.7 Å². The quantitative estimate of drug-likeness (QED) is 0.315. The highest BCUT2D eigenvalue weighted by molar-refractivity contribution is 5.94. The minimum atomic E-state index is -0.921. The summed E-state index contributed by atoms with van der Waals surface area (Å²) < 4.78 is 0. The zero-order chi connectivity index (χ0) is 28.8. The van der Waals surface area contributed by atoms with Crippen LogP contribution in [0.3, 0.4) is 0 Å². The van der Waals surface area contributed by atoms with Crippen LogP contribution in [0.15, 0.2) is 36.4 Å². The first-order chi connectivity index (χ1) is 19.8. The molecule has 0 bridgehead atoms. The van der Waals surface area contributed by atoms with Gasteiger partial charge in [-0.05, 0) is 91.5 Å². The highest BCUT2D eigenvalue weighted by atomic mass is 16.2. The molecule has 210 valence electrons. The van der Waals surface area contributed by atoms with Gasteiger partial charge in [-0.1, -0.05) is 17.3 Å². The Morgan fingerprint density at radius 2 is 1.68 bits per heavy atom. The molecule has 2 fully saturated rings. The fourth-order valence-electron chi connectivity index (χ4n) is 6.65. The first-order valence-electron chi connectivity index (χ1n) is 13.8. The van der Waals surface area contributed by atoms with Gasteiger partial charge in [0.05, 0.1) is 18.0 Å². The SMILES string of the molecule is N#CC1CCCN1C(=O)CNC1(CC2(c3nn[nH]n3)c3ccc(C(N)=O)cc3CCc3cc(C(N)=O)ccc32)CC1. The number of rotatable bonds is 8. The molecule has 1 saturated heterocycles.